The van der Waals surface area contributed by atoms with Crippen LogP contribution in [0.2, 0.25) is 0 Å². The number of benzene rings is 1. The molecule has 1 aliphatic heterocycles. The lowest BCUT2D eigenvalue weighted by atomic mass is 9.92. The molecule has 1 fully saturated rings. The molecule has 1 aliphatic rings. The highest BCUT2D eigenvalue weighted by molar-refractivity contribution is 5.95. The normalized spacial score (nSPS) is 16.1. The van der Waals surface area contributed by atoms with Crippen molar-refractivity contribution in [2.24, 2.45) is 11.7 Å². The molecule has 1 heterocycles. The Kier molecular flexibility index (Phi) is 4.27. The maximum Gasteiger partial charge on any atom is 0.254 e. The van der Waals surface area contributed by atoms with E-state index in [9.17, 15) is 14.7 Å². The minimum absolute atomic E-state index is 0.0139. The predicted molar refractivity (Wildman–Crippen MR) is 75.3 cm³/mol. The van der Waals surface area contributed by atoms with Crippen LogP contribution in [0.5, 0.6) is 5.75 Å². The van der Waals surface area contributed by atoms with Gasteiger partial charge in [-0.25, -0.2) is 0 Å². The Hall–Kier alpha value is -2.04. The molecule has 1 aromatic rings. The minimum Gasteiger partial charge on any atom is -0.508 e. The van der Waals surface area contributed by atoms with Crippen LogP contribution >= 0.6 is 0 Å². The van der Waals surface area contributed by atoms with Crippen LogP contribution in [0, 0.1) is 12.8 Å². The first-order chi connectivity index (χ1) is 9.47. The summed E-state index contributed by atoms with van der Waals surface area (Å²) < 4.78 is 0. The Morgan fingerprint density at radius 2 is 2.00 bits per heavy atom. The Balaban J connectivity index is 1.99. The average Bonchev–Trinajstić information content (AvgIpc) is 2.38. The number of piperidine rings is 1. The molecule has 0 aliphatic carbocycles. The SMILES string of the molecule is Cc1cc(O)ccc1C(=O)N1CCC(CC(N)=O)CC1. The number of hydrogen-bond donors (Lipinski definition) is 2. The lowest BCUT2D eigenvalue weighted by Gasteiger charge is -2.32. The minimum atomic E-state index is -0.274. The van der Waals surface area contributed by atoms with Gasteiger partial charge in [-0.2, -0.15) is 0 Å². The van der Waals surface area contributed by atoms with Crippen molar-refractivity contribution < 1.29 is 14.7 Å². The first-order valence-electron chi connectivity index (χ1n) is 6.84. The standard InChI is InChI=1S/C15H20N2O3/c1-10-8-12(18)2-3-13(10)15(20)17-6-4-11(5-7-17)9-14(16)19/h2-3,8,11,18H,4-7,9H2,1H3,(H2,16,19). The molecule has 0 bridgehead atoms. The number of rotatable bonds is 3. The molecular weight excluding hydrogens is 256 g/mol. The van der Waals surface area contributed by atoms with E-state index in [1.807, 2.05) is 6.92 Å². The number of amides is 2. The van der Waals surface area contributed by atoms with E-state index in [-0.39, 0.29) is 23.5 Å². The van der Waals surface area contributed by atoms with Gasteiger partial charge in [0.05, 0.1) is 0 Å². The molecule has 1 aromatic carbocycles. The molecule has 5 heteroatoms. The highest BCUT2D eigenvalue weighted by atomic mass is 16.3. The second-order valence-corrected chi connectivity index (χ2v) is 5.41. The highest BCUT2D eigenvalue weighted by Crippen LogP contribution is 2.23. The third-order valence-corrected chi connectivity index (χ3v) is 3.83. The largest absolute Gasteiger partial charge is 0.508 e. The van der Waals surface area contributed by atoms with E-state index in [0.29, 0.717) is 25.1 Å². The Labute approximate surface area is 118 Å². The molecule has 0 radical (unpaired) electrons. The molecule has 108 valence electrons. The van der Waals surface area contributed by atoms with Crippen molar-refractivity contribution in [3.8, 4) is 5.75 Å². The quantitative estimate of drug-likeness (QED) is 0.876. The maximum absolute atomic E-state index is 12.4. The summed E-state index contributed by atoms with van der Waals surface area (Å²) in [5, 5.41) is 9.38. The van der Waals surface area contributed by atoms with Crippen LogP contribution in [-0.4, -0.2) is 34.9 Å². The number of nitrogens with zero attached hydrogens (tertiary/aromatic N) is 1. The highest BCUT2D eigenvalue weighted by Gasteiger charge is 2.25. The van der Waals surface area contributed by atoms with Gasteiger partial charge in [-0.15, -0.1) is 0 Å². The van der Waals surface area contributed by atoms with Crippen molar-refractivity contribution in [1.82, 2.24) is 4.90 Å². The fourth-order valence-electron chi connectivity index (χ4n) is 2.68. The monoisotopic (exact) mass is 276 g/mol. The molecule has 20 heavy (non-hydrogen) atoms. The smallest absolute Gasteiger partial charge is 0.254 e. The first kappa shape index (κ1) is 14.4. The Morgan fingerprint density at radius 3 is 2.55 bits per heavy atom. The molecule has 2 amide bonds. The second-order valence-electron chi connectivity index (χ2n) is 5.41. The van der Waals surface area contributed by atoms with E-state index in [2.05, 4.69) is 0 Å². The lowest BCUT2D eigenvalue weighted by molar-refractivity contribution is -0.119. The van der Waals surface area contributed by atoms with Gasteiger partial charge in [0.1, 0.15) is 5.75 Å². The van der Waals surface area contributed by atoms with Crippen LogP contribution in [0.15, 0.2) is 18.2 Å². The van der Waals surface area contributed by atoms with Gasteiger partial charge in [-0.3, -0.25) is 9.59 Å². The van der Waals surface area contributed by atoms with Crippen molar-refractivity contribution in [1.29, 1.82) is 0 Å². The van der Waals surface area contributed by atoms with E-state index in [1.165, 1.54) is 6.07 Å². The van der Waals surface area contributed by atoms with Crippen molar-refractivity contribution >= 4 is 11.8 Å². The van der Waals surface area contributed by atoms with Gasteiger partial charge in [-0.05, 0) is 49.4 Å². The predicted octanol–water partition coefficient (Wildman–Crippen LogP) is 1.43. The zero-order valence-electron chi connectivity index (χ0n) is 11.6. The van der Waals surface area contributed by atoms with Gasteiger partial charge >= 0.3 is 0 Å². The van der Waals surface area contributed by atoms with Gasteiger partial charge in [0, 0.05) is 25.1 Å². The van der Waals surface area contributed by atoms with Crippen LogP contribution in [0.1, 0.15) is 35.2 Å². The molecule has 0 aromatic heterocycles. The second kappa shape index (κ2) is 5.94. The number of aryl methyl sites for hydroxylation is 1. The van der Waals surface area contributed by atoms with Gasteiger partial charge < -0.3 is 15.7 Å². The zero-order chi connectivity index (χ0) is 14.7. The summed E-state index contributed by atoms with van der Waals surface area (Å²) in [4.78, 5) is 25.1. The summed E-state index contributed by atoms with van der Waals surface area (Å²) in [5.74, 6) is 0.167. The van der Waals surface area contributed by atoms with E-state index in [0.717, 1.165) is 18.4 Å². The summed E-state index contributed by atoms with van der Waals surface area (Å²) in [6.07, 6.45) is 2.03. The topological polar surface area (TPSA) is 83.6 Å². The Morgan fingerprint density at radius 1 is 1.35 bits per heavy atom. The summed E-state index contributed by atoms with van der Waals surface area (Å²) in [5.41, 5.74) is 6.59. The molecule has 3 N–H and O–H groups in total. The van der Waals surface area contributed by atoms with E-state index >= 15 is 0 Å². The summed E-state index contributed by atoms with van der Waals surface area (Å²) in [6.45, 7) is 3.11. The number of carbonyl (C=O) groups is 2. The number of phenols is 1. The van der Waals surface area contributed by atoms with E-state index < -0.39 is 0 Å². The molecule has 1 saturated heterocycles. The Bertz CT molecular complexity index is 520. The summed E-state index contributed by atoms with van der Waals surface area (Å²) in [6, 6.07) is 4.77. The molecule has 5 nitrogen and oxygen atoms in total. The van der Waals surface area contributed by atoms with Crippen molar-refractivity contribution in [2.45, 2.75) is 26.2 Å². The van der Waals surface area contributed by atoms with Gasteiger partial charge in [0.15, 0.2) is 0 Å². The number of phenolic OH excluding ortho intramolecular Hbond substituents is 1. The fourth-order valence-corrected chi connectivity index (χ4v) is 2.68. The lowest BCUT2D eigenvalue weighted by Crippen LogP contribution is -2.39. The number of aromatic hydroxyl groups is 1. The van der Waals surface area contributed by atoms with E-state index in [4.69, 9.17) is 5.73 Å². The molecule has 0 unspecified atom stereocenters. The summed E-state index contributed by atoms with van der Waals surface area (Å²) in [7, 11) is 0. The molecule has 0 atom stereocenters. The molecule has 2 rings (SSSR count). The zero-order valence-corrected chi connectivity index (χ0v) is 11.6. The van der Waals surface area contributed by atoms with Crippen molar-refractivity contribution in [3.05, 3.63) is 29.3 Å². The van der Waals surface area contributed by atoms with Crippen LogP contribution in [0.3, 0.4) is 0 Å². The van der Waals surface area contributed by atoms with Crippen molar-refractivity contribution in [2.75, 3.05) is 13.1 Å². The fraction of sp³-hybridized carbons (Fsp3) is 0.467. The third kappa shape index (κ3) is 3.29. The number of primary amides is 1. The average molecular weight is 276 g/mol. The van der Waals surface area contributed by atoms with Crippen LogP contribution in [0.25, 0.3) is 0 Å². The van der Waals surface area contributed by atoms with Crippen LogP contribution in [-0.2, 0) is 4.79 Å². The number of likely N-dealkylation sites (tertiary alicyclic amines) is 1. The molecular formula is C15H20N2O3. The van der Waals surface area contributed by atoms with Gasteiger partial charge in [0.2, 0.25) is 5.91 Å². The molecule has 0 saturated carbocycles. The number of nitrogens with two attached hydrogens (primary N) is 1. The van der Waals surface area contributed by atoms with Gasteiger partial charge in [-0.1, -0.05) is 0 Å². The van der Waals surface area contributed by atoms with Crippen LogP contribution in [0.4, 0.5) is 0 Å². The maximum atomic E-state index is 12.4. The number of carbonyl (C=O) groups excluding carboxylic acids is 2. The van der Waals surface area contributed by atoms with E-state index in [1.54, 1.807) is 17.0 Å². The third-order valence-electron chi connectivity index (χ3n) is 3.83. The first-order valence-corrected chi connectivity index (χ1v) is 6.84. The van der Waals surface area contributed by atoms with Crippen molar-refractivity contribution in [3.63, 3.8) is 0 Å². The number of hydrogen-bond acceptors (Lipinski definition) is 3. The van der Waals surface area contributed by atoms with Gasteiger partial charge in [0.25, 0.3) is 5.91 Å². The summed E-state index contributed by atoms with van der Waals surface area (Å²) >= 11 is 0. The van der Waals surface area contributed by atoms with Crippen LogP contribution < -0.4 is 5.73 Å². The molecule has 0 spiro atoms.